The molecule has 1 aliphatic carbocycles. The molecular formula is C19H22F2N6O2S. The van der Waals surface area contributed by atoms with Crippen molar-refractivity contribution >= 4 is 21.5 Å². The second kappa shape index (κ2) is 7.55. The van der Waals surface area contributed by atoms with E-state index in [1.54, 1.807) is 18.3 Å². The van der Waals surface area contributed by atoms with Crippen LogP contribution in [0.25, 0.3) is 16.9 Å². The van der Waals surface area contributed by atoms with Crippen LogP contribution in [0.4, 0.5) is 14.6 Å². The molecule has 1 fully saturated rings. The van der Waals surface area contributed by atoms with Gasteiger partial charge in [0.05, 0.1) is 16.8 Å². The molecule has 0 amide bonds. The number of anilines is 1. The zero-order chi connectivity index (χ0) is 21.5. The molecule has 30 heavy (non-hydrogen) atoms. The molecule has 1 saturated carbocycles. The van der Waals surface area contributed by atoms with Gasteiger partial charge < -0.3 is 5.73 Å². The number of sulfonamides is 1. The Labute approximate surface area is 172 Å². The summed E-state index contributed by atoms with van der Waals surface area (Å²) >= 11 is 0. The van der Waals surface area contributed by atoms with Crippen LogP contribution in [0.1, 0.15) is 31.2 Å². The number of hydrogen-bond acceptors (Lipinski definition) is 6. The molecule has 3 aromatic rings. The lowest BCUT2D eigenvalue weighted by Crippen LogP contribution is -2.33. The van der Waals surface area contributed by atoms with Crippen LogP contribution in [0.15, 0.2) is 35.6 Å². The number of aromatic nitrogens is 4. The Balaban J connectivity index is 1.58. The predicted octanol–water partition coefficient (Wildman–Crippen LogP) is 2.79. The smallest absolute Gasteiger partial charge is 0.248 e. The van der Waals surface area contributed by atoms with Crippen LogP contribution in [0.5, 0.6) is 0 Å². The molecule has 0 atom stereocenters. The van der Waals surface area contributed by atoms with Gasteiger partial charge >= 0.3 is 0 Å². The van der Waals surface area contributed by atoms with Gasteiger partial charge in [0.25, 0.3) is 0 Å². The molecule has 0 bridgehead atoms. The van der Waals surface area contributed by atoms with E-state index in [2.05, 4.69) is 19.8 Å². The van der Waals surface area contributed by atoms with Crippen LogP contribution in [-0.2, 0) is 10.0 Å². The number of halogens is 2. The van der Waals surface area contributed by atoms with Crippen molar-refractivity contribution in [2.75, 3.05) is 12.3 Å². The highest BCUT2D eigenvalue weighted by atomic mass is 32.2. The van der Waals surface area contributed by atoms with Gasteiger partial charge in [-0.05, 0) is 43.4 Å². The van der Waals surface area contributed by atoms with Crippen molar-refractivity contribution in [3.8, 4) is 11.3 Å². The number of nitrogens with zero attached hydrogens (tertiary/aromatic N) is 4. The minimum Gasteiger partial charge on any atom is -0.381 e. The number of nitrogen functional groups attached to an aromatic ring is 1. The van der Waals surface area contributed by atoms with Gasteiger partial charge in [-0.15, -0.1) is 0 Å². The highest BCUT2D eigenvalue weighted by molar-refractivity contribution is 7.89. The van der Waals surface area contributed by atoms with E-state index in [0.717, 1.165) is 5.56 Å². The van der Waals surface area contributed by atoms with Crippen molar-refractivity contribution in [3.05, 3.63) is 36.3 Å². The molecule has 160 valence electrons. The van der Waals surface area contributed by atoms with E-state index in [1.165, 1.54) is 16.9 Å². The van der Waals surface area contributed by atoms with Crippen molar-refractivity contribution in [3.63, 3.8) is 0 Å². The minimum absolute atomic E-state index is 0.0845. The maximum Gasteiger partial charge on any atom is 0.248 e. The normalized spacial score (nSPS) is 17.4. The summed E-state index contributed by atoms with van der Waals surface area (Å²) in [7, 11) is -3.80. The van der Waals surface area contributed by atoms with E-state index in [-0.39, 0.29) is 36.0 Å². The van der Waals surface area contributed by atoms with Crippen LogP contribution < -0.4 is 10.5 Å². The largest absolute Gasteiger partial charge is 0.381 e. The second-order valence-corrected chi connectivity index (χ2v) is 9.42. The Morgan fingerprint density at radius 2 is 2.00 bits per heavy atom. The average molecular weight is 436 g/mol. The zero-order valence-electron chi connectivity index (χ0n) is 16.3. The Bertz CT molecular complexity index is 1180. The lowest BCUT2D eigenvalue weighted by atomic mass is 9.87. The third-order valence-corrected chi connectivity index (χ3v) is 6.95. The first-order valence-corrected chi connectivity index (χ1v) is 11.1. The summed E-state index contributed by atoms with van der Waals surface area (Å²) in [5.74, 6) is -2.51. The molecule has 0 saturated heterocycles. The summed E-state index contributed by atoms with van der Waals surface area (Å²) in [5, 5.41) is 4.16. The molecule has 3 N–H and O–H groups in total. The molecule has 1 aliphatic rings. The standard InChI is InChI=1S/C19H22F2N6O2S/c1-12-2-3-14(30(28,29)26-9-13-4-6-19(20,21)7-5-13)8-15(12)16-10-23-18-17(22)24-11-25-27(16)18/h2-3,8,10-11,13,26H,4-7,9H2,1H3,(H2,22,24,25). The topological polar surface area (TPSA) is 115 Å². The van der Waals surface area contributed by atoms with E-state index in [1.807, 2.05) is 6.92 Å². The van der Waals surface area contributed by atoms with E-state index < -0.39 is 15.9 Å². The van der Waals surface area contributed by atoms with Crippen LogP contribution in [0.2, 0.25) is 0 Å². The fourth-order valence-corrected chi connectivity index (χ4v) is 4.82. The van der Waals surface area contributed by atoms with E-state index in [9.17, 15) is 17.2 Å². The van der Waals surface area contributed by atoms with Gasteiger partial charge in [0, 0.05) is 24.9 Å². The van der Waals surface area contributed by atoms with Crippen LogP contribution in [0, 0.1) is 12.8 Å². The third-order valence-electron chi connectivity index (χ3n) is 5.52. The van der Waals surface area contributed by atoms with Crippen LogP contribution in [0.3, 0.4) is 0 Å². The minimum atomic E-state index is -3.80. The van der Waals surface area contributed by atoms with Crippen molar-refractivity contribution in [1.29, 1.82) is 0 Å². The number of nitrogens with two attached hydrogens (primary N) is 1. The van der Waals surface area contributed by atoms with Crippen molar-refractivity contribution in [1.82, 2.24) is 24.3 Å². The Hall–Kier alpha value is -2.66. The van der Waals surface area contributed by atoms with E-state index >= 15 is 0 Å². The molecule has 0 radical (unpaired) electrons. The quantitative estimate of drug-likeness (QED) is 0.636. The number of imidazole rings is 1. The summed E-state index contributed by atoms with van der Waals surface area (Å²) in [5.41, 5.74) is 8.27. The predicted molar refractivity (Wildman–Crippen MR) is 107 cm³/mol. The number of alkyl halides is 2. The number of hydrogen-bond donors (Lipinski definition) is 2. The SMILES string of the molecule is Cc1ccc(S(=O)(=O)NCC2CCC(F)(F)CC2)cc1-c1cnc2c(N)ncnn12. The summed E-state index contributed by atoms with van der Waals surface area (Å²) in [6, 6.07) is 4.77. The molecule has 2 heterocycles. The van der Waals surface area contributed by atoms with Crippen LogP contribution >= 0.6 is 0 Å². The van der Waals surface area contributed by atoms with E-state index in [0.29, 0.717) is 29.7 Å². The molecule has 4 rings (SSSR count). The van der Waals surface area contributed by atoms with E-state index in [4.69, 9.17) is 5.73 Å². The highest BCUT2D eigenvalue weighted by Crippen LogP contribution is 2.36. The first-order chi connectivity index (χ1) is 14.2. The second-order valence-electron chi connectivity index (χ2n) is 7.65. The zero-order valence-corrected chi connectivity index (χ0v) is 17.2. The third kappa shape index (κ3) is 3.99. The Kier molecular flexibility index (Phi) is 5.18. The maximum atomic E-state index is 13.3. The number of fused-ring (bicyclic) bond motifs is 1. The first kappa shape index (κ1) is 20.6. The summed E-state index contributed by atoms with van der Waals surface area (Å²) < 4.78 is 56.3. The number of rotatable bonds is 5. The van der Waals surface area contributed by atoms with Crippen molar-refractivity contribution in [2.45, 2.75) is 43.4 Å². The van der Waals surface area contributed by atoms with Crippen molar-refractivity contribution in [2.24, 2.45) is 5.92 Å². The molecule has 0 unspecified atom stereocenters. The fraction of sp³-hybridized carbons (Fsp3) is 0.421. The Morgan fingerprint density at radius 3 is 2.73 bits per heavy atom. The number of benzene rings is 1. The number of nitrogens with one attached hydrogen (secondary N) is 1. The molecular weight excluding hydrogens is 414 g/mol. The van der Waals surface area contributed by atoms with Gasteiger partial charge in [0.1, 0.15) is 6.33 Å². The Morgan fingerprint density at radius 1 is 1.27 bits per heavy atom. The van der Waals surface area contributed by atoms with Crippen molar-refractivity contribution < 1.29 is 17.2 Å². The maximum absolute atomic E-state index is 13.3. The van der Waals surface area contributed by atoms with Gasteiger partial charge in [-0.25, -0.2) is 36.4 Å². The monoisotopic (exact) mass is 436 g/mol. The molecule has 1 aromatic carbocycles. The first-order valence-electron chi connectivity index (χ1n) is 9.59. The summed E-state index contributed by atoms with van der Waals surface area (Å²) in [4.78, 5) is 8.21. The molecule has 11 heteroatoms. The average Bonchev–Trinajstić information content (AvgIpc) is 3.13. The molecule has 2 aromatic heterocycles. The van der Waals surface area contributed by atoms with Gasteiger partial charge in [-0.3, -0.25) is 0 Å². The van der Waals surface area contributed by atoms with Gasteiger partial charge in [-0.2, -0.15) is 5.10 Å². The molecule has 0 spiro atoms. The molecule has 0 aliphatic heterocycles. The highest BCUT2D eigenvalue weighted by Gasteiger charge is 2.35. The lowest BCUT2D eigenvalue weighted by molar-refractivity contribution is -0.0450. The lowest BCUT2D eigenvalue weighted by Gasteiger charge is -2.28. The van der Waals surface area contributed by atoms with Gasteiger partial charge in [-0.1, -0.05) is 6.07 Å². The number of aryl methyl sites for hydroxylation is 1. The summed E-state index contributed by atoms with van der Waals surface area (Å²) in [6.45, 7) is 1.99. The molecule has 8 nitrogen and oxygen atoms in total. The van der Waals surface area contributed by atoms with Gasteiger partial charge in [0.15, 0.2) is 11.5 Å². The fourth-order valence-electron chi connectivity index (χ4n) is 3.68. The summed E-state index contributed by atoms with van der Waals surface area (Å²) in [6.07, 6.45) is 3.07. The van der Waals surface area contributed by atoms with Gasteiger partial charge in [0.2, 0.25) is 15.9 Å². The van der Waals surface area contributed by atoms with Crippen LogP contribution in [-0.4, -0.2) is 40.5 Å².